The highest BCUT2D eigenvalue weighted by Gasteiger charge is 2.09. The monoisotopic (exact) mass is 342 g/mol. The predicted octanol–water partition coefficient (Wildman–Crippen LogP) is 2.78. The van der Waals surface area contributed by atoms with Gasteiger partial charge in [-0.3, -0.25) is 4.79 Å². The van der Waals surface area contributed by atoms with Crippen molar-refractivity contribution >= 4 is 23.4 Å². The maximum absolute atomic E-state index is 11.9. The van der Waals surface area contributed by atoms with E-state index in [9.17, 15) is 9.59 Å². The summed E-state index contributed by atoms with van der Waals surface area (Å²) >= 11 is 0. The molecule has 25 heavy (non-hydrogen) atoms. The van der Waals surface area contributed by atoms with Crippen molar-refractivity contribution in [2.75, 3.05) is 18.5 Å². The van der Waals surface area contributed by atoms with Gasteiger partial charge in [0.05, 0.1) is 12.2 Å². The van der Waals surface area contributed by atoms with Gasteiger partial charge in [-0.25, -0.2) is 4.79 Å². The van der Waals surface area contributed by atoms with Crippen molar-refractivity contribution in [3.05, 3.63) is 47.7 Å². The van der Waals surface area contributed by atoms with Crippen molar-refractivity contribution < 1.29 is 14.3 Å². The Kier molecular flexibility index (Phi) is 6.45. The van der Waals surface area contributed by atoms with Crippen LogP contribution in [0.2, 0.25) is 0 Å². The van der Waals surface area contributed by atoms with E-state index in [1.165, 1.54) is 0 Å². The minimum absolute atomic E-state index is 0.244. The van der Waals surface area contributed by atoms with Crippen molar-refractivity contribution in [3.63, 3.8) is 0 Å². The number of amides is 1. The third kappa shape index (κ3) is 5.56. The van der Waals surface area contributed by atoms with E-state index in [0.29, 0.717) is 30.5 Å². The summed E-state index contributed by atoms with van der Waals surface area (Å²) in [4.78, 5) is 23.5. The molecule has 1 heterocycles. The van der Waals surface area contributed by atoms with Crippen LogP contribution in [-0.4, -0.2) is 35.2 Å². The molecule has 0 saturated carbocycles. The van der Waals surface area contributed by atoms with E-state index in [1.54, 1.807) is 43.3 Å². The molecule has 0 atom stereocenters. The second-order valence-corrected chi connectivity index (χ2v) is 5.83. The Balaban J connectivity index is 1.96. The molecule has 1 aromatic heterocycles. The van der Waals surface area contributed by atoms with Crippen molar-refractivity contribution in [3.8, 4) is 0 Å². The highest BCUT2D eigenvalue weighted by atomic mass is 16.5. The Bertz CT molecular complexity index is 712. The van der Waals surface area contributed by atoms with Gasteiger partial charge in [0.1, 0.15) is 0 Å². The average molecular weight is 342 g/mol. The Morgan fingerprint density at radius 1 is 1.08 bits per heavy atom. The first kappa shape index (κ1) is 18.4. The number of carbonyl (C=O) groups excluding carboxylic acids is 2. The molecule has 0 bridgehead atoms. The lowest BCUT2D eigenvalue weighted by molar-refractivity contribution is 0.0526. The first-order valence-corrected chi connectivity index (χ1v) is 8.15. The van der Waals surface area contributed by atoms with Gasteiger partial charge in [0.2, 0.25) is 0 Å². The van der Waals surface area contributed by atoms with Gasteiger partial charge in [0, 0.05) is 12.2 Å². The second kappa shape index (κ2) is 8.77. The second-order valence-electron chi connectivity index (χ2n) is 5.83. The van der Waals surface area contributed by atoms with Crippen LogP contribution in [-0.2, 0) is 4.74 Å². The van der Waals surface area contributed by atoms with Gasteiger partial charge < -0.3 is 15.4 Å². The molecule has 7 nitrogen and oxygen atoms in total. The molecular weight excluding hydrogens is 320 g/mol. The SMILES string of the molecule is CCOC(=O)c1ccc(Nc2ccc(C(=O)NCC(C)C)nn2)cc1. The van der Waals surface area contributed by atoms with Crippen molar-refractivity contribution in [1.29, 1.82) is 0 Å². The lowest BCUT2D eigenvalue weighted by atomic mass is 10.2. The molecular formula is C18H22N4O3. The smallest absolute Gasteiger partial charge is 0.338 e. The van der Waals surface area contributed by atoms with E-state index in [0.717, 1.165) is 5.69 Å². The van der Waals surface area contributed by atoms with Crippen LogP contribution >= 0.6 is 0 Å². The third-order valence-corrected chi connectivity index (χ3v) is 3.24. The number of esters is 1. The van der Waals surface area contributed by atoms with Crippen LogP contribution in [0.1, 0.15) is 41.6 Å². The topological polar surface area (TPSA) is 93.2 Å². The van der Waals surface area contributed by atoms with Crippen LogP contribution in [0.4, 0.5) is 11.5 Å². The van der Waals surface area contributed by atoms with Gasteiger partial charge >= 0.3 is 5.97 Å². The summed E-state index contributed by atoms with van der Waals surface area (Å²) in [7, 11) is 0. The minimum atomic E-state index is -0.356. The maximum atomic E-state index is 11.9. The van der Waals surface area contributed by atoms with Crippen molar-refractivity contribution in [1.82, 2.24) is 15.5 Å². The van der Waals surface area contributed by atoms with Crippen LogP contribution in [0, 0.1) is 5.92 Å². The molecule has 7 heteroatoms. The fraction of sp³-hybridized carbons (Fsp3) is 0.333. The molecule has 2 rings (SSSR count). The number of rotatable bonds is 7. The number of benzene rings is 1. The third-order valence-electron chi connectivity index (χ3n) is 3.24. The summed E-state index contributed by atoms with van der Waals surface area (Å²) in [5.41, 5.74) is 1.50. The molecule has 0 aliphatic rings. The maximum Gasteiger partial charge on any atom is 0.338 e. The summed E-state index contributed by atoms with van der Waals surface area (Å²) in [5, 5.41) is 13.8. The van der Waals surface area contributed by atoms with E-state index in [4.69, 9.17) is 4.74 Å². The molecule has 0 saturated heterocycles. The Hall–Kier alpha value is -2.96. The van der Waals surface area contributed by atoms with Crippen LogP contribution in [0.3, 0.4) is 0 Å². The average Bonchev–Trinajstić information content (AvgIpc) is 2.61. The highest BCUT2D eigenvalue weighted by molar-refractivity contribution is 5.92. The fourth-order valence-corrected chi connectivity index (χ4v) is 1.96. The Labute approximate surface area is 146 Å². The number of nitrogens with one attached hydrogen (secondary N) is 2. The number of hydrogen-bond donors (Lipinski definition) is 2. The fourth-order valence-electron chi connectivity index (χ4n) is 1.96. The minimum Gasteiger partial charge on any atom is -0.462 e. The summed E-state index contributed by atoms with van der Waals surface area (Å²) < 4.78 is 4.94. The molecule has 0 aliphatic carbocycles. The first-order chi connectivity index (χ1) is 12.0. The van der Waals surface area contributed by atoms with Crippen LogP contribution in [0.5, 0.6) is 0 Å². The molecule has 2 aromatic rings. The number of nitrogens with zero attached hydrogens (tertiary/aromatic N) is 2. The number of anilines is 2. The lowest BCUT2D eigenvalue weighted by Crippen LogP contribution is -2.28. The van der Waals surface area contributed by atoms with E-state index in [2.05, 4.69) is 20.8 Å². The molecule has 0 aliphatic heterocycles. The van der Waals surface area contributed by atoms with Crippen molar-refractivity contribution in [2.45, 2.75) is 20.8 Å². The van der Waals surface area contributed by atoms with Crippen molar-refractivity contribution in [2.24, 2.45) is 5.92 Å². The zero-order valence-electron chi connectivity index (χ0n) is 14.6. The van der Waals surface area contributed by atoms with E-state index in [1.807, 2.05) is 13.8 Å². The van der Waals surface area contributed by atoms with Gasteiger partial charge in [-0.05, 0) is 49.2 Å². The van der Waals surface area contributed by atoms with Gasteiger partial charge in [0.25, 0.3) is 5.91 Å². The summed E-state index contributed by atoms with van der Waals surface area (Å²) in [5.74, 6) is 0.275. The molecule has 1 amide bonds. The van der Waals surface area contributed by atoms with E-state index < -0.39 is 0 Å². The van der Waals surface area contributed by atoms with Gasteiger partial charge in [-0.2, -0.15) is 0 Å². The molecule has 1 aromatic carbocycles. The molecule has 0 spiro atoms. The lowest BCUT2D eigenvalue weighted by Gasteiger charge is -2.08. The molecule has 0 radical (unpaired) electrons. The molecule has 2 N–H and O–H groups in total. The van der Waals surface area contributed by atoms with Gasteiger partial charge in [-0.15, -0.1) is 10.2 Å². The van der Waals surface area contributed by atoms with Crippen LogP contribution in [0.25, 0.3) is 0 Å². The highest BCUT2D eigenvalue weighted by Crippen LogP contribution is 2.15. The largest absolute Gasteiger partial charge is 0.462 e. The zero-order chi connectivity index (χ0) is 18.2. The number of carbonyl (C=O) groups is 2. The van der Waals surface area contributed by atoms with Crippen LogP contribution in [0.15, 0.2) is 36.4 Å². The number of hydrogen-bond acceptors (Lipinski definition) is 6. The standard InChI is InChI=1S/C18H22N4O3/c1-4-25-18(24)13-5-7-14(8-6-13)20-16-10-9-15(21-22-16)17(23)19-11-12(2)3/h5-10,12H,4,11H2,1-3H3,(H,19,23)(H,20,22). The van der Waals surface area contributed by atoms with E-state index in [-0.39, 0.29) is 17.6 Å². The summed E-state index contributed by atoms with van der Waals surface area (Å²) in [6.07, 6.45) is 0. The van der Waals surface area contributed by atoms with Gasteiger partial charge in [-0.1, -0.05) is 13.8 Å². The Morgan fingerprint density at radius 3 is 2.36 bits per heavy atom. The molecule has 0 unspecified atom stereocenters. The molecule has 0 fully saturated rings. The van der Waals surface area contributed by atoms with Crippen LogP contribution < -0.4 is 10.6 Å². The number of ether oxygens (including phenoxy) is 1. The quantitative estimate of drug-likeness (QED) is 0.752. The number of aromatic nitrogens is 2. The normalized spacial score (nSPS) is 10.4. The predicted molar refractivity (Wildman–Crippen MR) is 94.9 cm³/mol. The summed E-state index contributed by atoms with van der Waals surface area (Å²) in [6.45, 7) is 6.73. The first-order valence-electron chi connectivity index (χ1n) is 8.15. The van der Waals surface area contributed by atoms with E-state index >= 15 is 0 Å². The molecule has 132 valence electrons. The Morgan fingerprint density at radius 2 is 1.80 bits per heavy atom. The summed E-state index contributed by atoms with van der Waals surface area (Å²) in [6, 6.07) is 10.1. The van der Waals surface area contributed by atoms with Gasteiger partial charge in [0.15, 0.2) is 11.5 Å². The zero-order valence-corrected chi connectivity index (χ0v) is 14.6.